The van der Waals surface area contributed by atoms with Gasteiger partial charge in [-0.1, -0.05) is 41.4 Å². The van der Waals surface area contributed by atoms with Crippen LogP contribution in [-0.2, 0) is 4.74 Å². The summed E-state index contributed by atoms with van der Waals surface area (Å²) in [6.45, 7) is 1.62. The highest BCUT2D eigenvalue weighted by molar-refractivity contribution is 7.19. The molecule has 0 aliphatic heterocycles. The first-order valence-electron chi connectivity index (χ1n) is 8.66. The second-order valence-electron chi connectivity index (χ2n) is 6.15. The SMILES string of the molecule is COC(=O)c1c(NC(=O)c2ccc(Cl)cc2Cl)sc(C(=O)Nc2ccccc2)c1C. The lowest BCUT2D eigenvalue weighted by Gasteiger charge is -2.07. The molecule has 0 atom stereocenters. The molecular formula is C21H16Cl2N2O4S. The Balaban J connectivity index is 1.95. The van der Waals surface area contributed by atoms with Gasteiger partial charge in [0.05, 0.1) is 28.1 Å². The lowest BCUT2D eigenvalue weighted by molar-refractivity contribution is 0.0601. The number of rotatable bonds is 5. The monoisotopic (exact) mass is 462 g/mol. The van der Waals surface area contributed by atoms with Crippen LogP contribution in [0, 0.1) is 6.92 Å². The van der Waals surface area contributed by atoms with Crippen molar-refractivity contribution in [3.63, 3.8) is 0 Å². The average molecular weight is 463 g/mol. The maximum Gasteiger partial charge on any atom is 0.341 e. The van der Waals surface area contributed by atoms with Gasteiger partial charge >= 0.3 is 5.97 Å². The molecule has 0 saturated heterocycles. The van der Waals surface area contributed by atoms with E-state index in [4.69, 9.17) is 27.9 Å². The summed E-state index contributed by atoms with van der Waals surface area (Å²) < 4.78 is 4.84. The number of ether oxygens (including phenoxy) is 1. The van der Waals surface area contributed by atoms with Crippen LogP contribution in [0.1, 0.15) is 36.0 Å². The Morgan fingerprint density at radius 3 is 2.30 bits per heavy atom. The molecule has 0 bridgehead atoms. The minimum absolute atomic E-state index is 0.110. The highest BCUT2D eigenvalue weighted by atomic mass is 35.5. The van der Waals surface area contributed by atoms with Gasteiger partial charge in [0.25, 0.3) is 11.8 Å². The minimum Gasteiger partial charge on any atom is -0.465 e. The number of carbonyl (C=O) groups excluding carboxylic acids is 3. The average Bonchev–Trinajstić information content (AvgIpc) is 3.04. The van der Waals surface area contributed by atoms with Gasteiger partial charge in [0, 0.05) is 10.7 Å². The van der Waals surface area contributed by atoms with Crippen LogP contribution in [-0.4, -0.2) is 24.9 Å². The minimum atomic E-state index is -0.667. The number of nitrogens with one attached hydrogen (secondary N) is 2. The number of methoxy groups -OCH3 is 1. The standard InChI is InChI=1S/C21H16Cl2N2O4S/c1-11-16(21(28)29-2)20(25-18(26)14-9-8-12(22)10-15(14)23)30-17(11)19(27)24-13-6-4-3-5-7-13/h3-10H,1-2H3,(H,24,27)(H,25,26). The van der Waals surface area contributed by atoms with Crippen molar-refractivity contribution in [1.29, 1.82) is 0 Å². The van der Waals surface area contributed by atoms with E-state index in [9.17, 15) is 14.4 Å². The number of benzene rings is 2. The van der Waals surface area contributed by atoms with E-state index in [-0.39, 0.29) is 26.0 Å². The second-order valence-corrected chi connectivity index (χ2v) is 8.01. The number of hydrogen-bond donors (Lipinski definition) is 2. The molecule has 0 aliphatic rings. The number of carbonyl (C=O) groups is 3. The van der Waals surface area contributed by atoms with E-state index in [0.717, 1.165) is 11.3 Å². The Morgan fingerprint density at radius 2 is 1.67 bits per heavy atom. The van der Waals surface area contributed by atoms with Gasteiger partial charge in [-0.05, 0) is 42.8 Å². The van der Waals surface area contributed by atoms with Crippen LogP contribution in [0.15, 0.2) is 48.5 Å². The van der Waals surface area contributed by atoms with Crippen molar-refractivity contribution in [2.45, 2.75) is 6.92 Å². The molecule has 0 radical (unpaired) electrons. The summed E-state index contributed by atoms with van der Waals surface area (Å²) in [5.74, 6) is -1.61. The van der Waals surface area contributed by atoms with Gasteiger partial charge in [-0.15, -0.1) is 11.3 Å². The summed E-state index contributed by atoms with van der Waals surface area (Å²) in [6.07, 6.45) is 0. The normalized spacial score (nSPS) is 10.4. The first kappa shape index (κ1) is 21.8. The van der Waals surface area contributed by atoms with Crippen LogP contribution in [0.3, 0.4) is 0 Å². The van der Waals surface area contributed by atoms with Gasteiger partial charge in [0.1, 0.15) is 5.00 Å². The van der Waals surface area contributed by atoms with Crippen molar-refractivity contribution in [2.75, 3.05) is 17.7 Å². The van der Waals surface area contributed by atoms with Gasteiger partial charge in [0.2, 0.25) is 0 Å². The number of thiophene rings is 1. The van der Waals surface area contributed by atoms with Crippen molar-refractivity contribution < 1.29 is 19.1 Å². The third kappa shape index (κ3) is 4.64. The molecule has 2 aromatic carbocycles. The summed E-state index contributed by atoms with van der Waals surface area (Å²) in [5, 5.41) is 6.16. The predicted molar refractivity (Wildman–Crippen MR) is 119 cm³/mol. The molecule has 1 heterocycles. The summed E-state index contributed by atoms with van der Waals surface area (Å²) in [5.41, 5.74) is 1.30. The fourth-order valence-corrected chi connectivity index (χ4v) is 4.30. The first-order chi connectivity index (χ1) is 14.3. The lowest BCUT2D eigenvalue weighted by Crippen LogP contribution is -2.15. The Morgan fingerprint density at radius 1 is 0.967 bits per heavy atom. The smallest absolute Gasteiger partial charge is 0.341 e. The maximum absolute atomic E-state index is 12.8. The van der Waals surface area contributed by atoms with Crippen molar-refractivity contribution in [2.24, 2.45) is 0 Å². The molecule has 0 aliphatic carbocycles. The molecule has 154 valence electrons. The quantitative estimate of drug-likeness (QED) is 0.479. The highest BCUT2D eigenvalue weighted by Gasteiger charge is 2.27. The number of para-hydroxylation sites is 1. The molecule has 9 heteroatoms. The molecule has 3 rings (SSSR count). The number of amides is 2. The molecule has 0 unspecified atom stereocenters. The maximum atomic E-state index is 12.8. The zero-order chi connectivity index (χ0) is 21.8. The van der Waals surface area contributed by atoms with E-state index in [1.54, 1.807) is 31.2 Å². The third-order valence-electron chi connectivity index (χ3n) is 4.18. The molecule has 30 heavy (non-hydrogen) atoms. The topological polar surface area (TPSA) is 84.5 Å². The molecular weight excluding hydrogens is 447 g/mol. The fraction of sp³-hybridized carbons (Fsp3) is 0.0952. The Hall–Kier alpha value is -2.87. The van der Waals surface area contributed by atoms with Crippen LogP contribution >= 0.6 is 34.5 Å². The van der Waals surface area contributed by atoms with E-state index in [1.807, 2.05) is 6.07 Å². The van der Waals surface area contributed by atoms with E-state index < -0.39 is 17.8 Å². The molecule has 0 fully saturated rings. The fourth-order valence-electron chi connectivity index (χ4n) is 2.72. The van der Waals surface area contributed by atoms with E-state index in [2.05, 4.69) is 10.6 Å². The van der Waals surface area contributed by atoms with Gasteiger partial charge in [-0.3, -0.25) is 9.59 Å². The summed E-state index contributed by atoms with van der Waals surface area (Å²) in [6, 6.07) is 13.3. The predicted octanol–water partition coefficient (Wildman–Crippen LogP) is 5.65. The number of halogens is 2. The molecule has 0 spiro atoms. The van der Waals surface area contributed by atoms with E-state index in [0.29, 0.717) is 16.3 Å². The Labute approximate surface area is 186 Å². The van der Waals surface area contributed by atoms with Crippen LogP contribution in [0.4, 0.5) is 10.7 Å². The first-order valence-corrected chi connectivity index (χ1v) is 10.2. The number of anilines is 2. The highest BCUT2D eigenvalue weighted by Crippen LogP contribution is 2.35. The van der Waals surface area contributed by atoms with Crippen LogP contribution in [0.25, 0.3) is 0 Å². The third-order valence-corrected chi connectivity index (χ3v) is 5.93. The molecule has 2 amide bonds. The largest absolute Gasteiger partial charge is 0.465 e. The van der Waals surface area contributed by atoms with E-state index in [1.165, 1.54) is 25.3 Å². The van der Waals surface area contributed by atoms with Gasteiger partial charge in [-0.25, -0.2) is 4.79 Å². The Bertz CT molecular complexity index is 1130. The van der Waals surface area contributed by atoms with Crippen LogP contribution < -0.4 is 10.6 Å². The zero-order valence-corrected chi connectivity index (χ0v) is 18.2. The Kier molecular flexibility index (Phi) is 6.77. The zero-order valence-electron chi connectivity index (χ0n) is 15.9. The molecule has 6 nitrogen and oxygen atoms in total. The summed E-state index contributed by atoms with van der Waals surface area (Å²) >= 11 is 12.9. The molecule has 3 aromatic rings. The summed E-state index contributed by atoms with van der Waals surface area (Å²) in [4.78, 5) is 38.1. The lowest BCUT2D eigenvalue weighted by atomic mass is 10.1. The molecule has 1 aromatic heterocycles. The van der Waals surface area contributed by atoms with Crippen molar-refractivity contribution >= 4 is 63.0 Å². The van der Waals surface area contributed by atoms with Crippen molar-refractivity contribution in [3.8, 4) is 0 Å². The second kappa shape index (κ2) is 9.30. The summed E-state index contributed by atoms with van der Waals surface area (Å²) in [7, 11) is 1.23. The van der Waals surface area contributed by atoms with Gasteiger partial charge in [-0.2, -0.15) is 0 Å². The number of esters is 1. The number of hydrogen-bond acceptors (Lipinski definition) is 5. The molecule has 2 N–H and O–H groups in total. The van der Waals surface area contributed by atoms with Crippen molar-refractivity contribution in [1.82, 2.24) is 0 Å². The van der Waals surface area contributed by atoms with Crippen LogP contribution in [0.2, 0.25) is 10.0 Å². The van der Waals surface area contributed by atoms with Crippen LogP contribution in [0.5, 0.6) is 0 Å². The van der Waals surface area contributed by atoms with Gasteiger partial charge in [0.15, 0.2) is 0 Å². The molecule has 0 saturated carbocycles. The van der Waals surface area contributed by atoms with Crippen molar-refractivity contribution in [3.05, 3.63) is 80.1 Å². The van der Waals surface area contributed by atoms with Gasteiger partial charge < -0.3 is 15.4 Å². The van der Waals surface area contributed by atoms with E-state index >= 15 is 0 Å².